The first kappa shape index (κ1) is 21.3. The van der Waals surface area contributed by atoms with Gasteiger partial charge in [-0.05, 0) is 35.4 Å². The summed E-state index contributed by atoms with van der Waals surface area (Å²) in [7, 11) is 8.15. The van der Waals surface area contributed by atoms with Crippen molar-refractivity contribution in [1.29, 1.82) is 0 Å². The second-order valence-electron chi connectivity index (χ2n) is 7.66. The first-order chi connectivity index (χ1) is 14.4. The Morgan fingerprint density at radius 1 is 0.833 bits per heavy atom. The summed E-state index contributed by atoms with van der Waals surface area (Å²) in [4.78, 5) is 4.17. The van der Waals surface area contributed by atoms with Crippen LogP contribution in [0.3, 0.4) is 0 Å². The number of benzene rings is 2. The second kappa shape index (κ2) is 9.39. The van der Waals surface area contributed by atoms with E-state index in [0.29, 0.717) is 0 Å². The molecular formula is C24H31N6+. The lowest BCUT2D eigenvalue weighted by Gasteiger charge is -2.11. The van der Waals surface area contributed by atoms with Crippen molar-refractivity contribution < 1.29 is 4.68 Å². The molecule has 0 bridgehead atoms. The van der Waals surface area contributed by atoms with Gasteiger partial charge in [0.25, 0.3) is 0 Å². The van der Waals surface area contributed by atoms with Gasteiger partial charge in [0.1, 0.15) is 0 Å². The Morgan fingerprint density at radius 3 is 1.80 bits per heavy atom. The smallest absolute Gasteiger partial charge is 0.307 e. The maximum Gasteiger partial charge on any atom is 0.307 e. The lowest BCUT2D eigenvalue weighted by molar-refractivity contribution is -0.685. The lowest BCUT2D eigenvalue weighted by Crippen LogP contribution is -2.31. The number of hydrogen-bond acceptors (Lipinski definition) is 4. The van der Waals surface area contributed by atoms with Gasteiger partial charge in [-0.25, -0.2) is 0 Å². The molecule has 0 saturated heterocycles. The van der Waals surface area contributed by atoms with Gasteiger partial charge < -0.3 is 9.80 Å². The van der Waals surface area contributed by atoms with E-state index < -0.39 is 0 Å². The van der Waals surface area contributed by atoms with Gasteiger partial charge in [-0.3, -0.25) is 0 Å². The Bertz CT molecular complexity index is 1020. The van der Waals surface area contributed by atoms with Crippen molar-refractivity contribution in [3.63, 3.8) is 0 Å². The third-order valence-electron chi connectivity index (χ3n) is 4.94. The molecule has 156 valence electrons. The van der Waals surface area contributed by atoms with Crippen molar-refractivity contribution in [3.8, 4) is 0 Å². The number of rotatable bonds is 7. The van der Waals surface area contributed by atoms with E-state index in [1.165, 1.54) is 11.4 Å². The number of anilines is 2. The van der Waals surface area contributed by atoms with E-state index in [9.17, 15) is 0 Å². The van der Waals surface area contributed by atoms with Crippen molar-refractivity contribution in [2.75, 3.05) is 38.0 Å². The van der Waals surface area contributed by atoms with Crippen LogP contribution in [0.5, 0.6) is 0 Å². The predicted octanol–water partition coefficient (Wildman–Crippen LogP) is 3.54. The highest BCUT2D eigenvalue weighted by molar-refractivity contribution is 5.80. The molecule has 2 aromatic carbocycles. The summed E-state index contributed by atoms with van der Waals surface area (Å²) in [5, 5.41) is 9.37. The monoisotopic (exact) mass is 403 g/mol. The summed E-state index contributed by atoms with van der Waals surface area (Å²) < 4.78 is 3.86. The van der Waals surface area contributed by atoms with Crippen LogP contribution in [0, 0.1) is 6.92 Å². The van der Waals surface area contributed by atoms with Gasteiger partial charge in [0, 0.05) is 46.5 Å². The number of nitrogens with zero attached hydrogens (tertiary/aromatic N) is 6. The van der Waals surface area contributed by atoms with Gasteiger partial charge in [0.2, 0.25) is 0 Å². The van der Waals surface area contributed by atoms with E-state index in [1.807, 2.05) is 63.1 Å². The number of aromatic nitrogens is 2. The Balaban J connectivity index is 1.82. The fraction of sp³-hybridized carbons (Fsp3) is 0.292. The highest BCUT2D eigenvalue weighted by atomic mass is 15.5. The van der Waals surface area contributed by atoms with E-state index in [-0.39, 0.29) is 0 Å². The molecule has 0 aliphatic rings. The molecule has 0 saturated carbocycles. The molecule has 0 unspecified atom stereocenters. The summed E-state index contributed by atoms with van der Waals surface area (Å²) in [5.74, 6) is 1.02. The zero-order chi connectivity index (χ0) is 21.7. The van der Waals surface area contributed by atoms with Gasteiger partial charge in [-0.2, -0.15) is 0 Å². The fourth-order valence-electron chi connectivity index (χ4n) is 3.15. The molecule has 0 N–H and O–H groups in total. The van der Waals surface area contributed by atoms with Gasteiger partial charge in [0.15, 0.2) is 11.9 Å². The topological polar surface area (TPSA) is 40.0 Å². The molecule has 0 amide bonds. The second-order valence-corrected chi connectivity index (χ2v) is 7.66. The van der Waals surface area contributed by atoms with Gasteiger partial charge in [-0.1, -0.05) is 41.4 Å². The highest BCUT2D eigenvalue weighted by Gasteiger charge is 2.19. The van der Waals surface area contributed by atoms with Crippen molar-refractivity contribution in [3.05, 3.63) is 77.4 Å². The molecule has 0 radical (unpaired) electrons. The molecule has 0 spiro atoms. The van der Waals surface area contributed by atoms with Crippen LogP contribution in [0.1, 0.15) is 29.6 Å². The van der Waals surface area contributed by atoms with E-state index in [2.05, 4.69) is 70.4 Å². The lowest BCUT2D eigenvalue weighted by atomic mass is 10.2. The largest absolute Gasteiger partial charge is 0.378 e. The number of hydrogen-bond donors (Lipinski definition) is 0. The summed E-state index contributed by atoms with van der Waals surface area (Å²) >= 11 is 0. The number of aryl methyl sites for hydroxylation is 1. The Hall–Kier alpha value is -3.41. The van der Waals surface area contributed by atoms with Crippen molar-refractivity contribution in [1.82, 2.24) is 4.68 Å². The minimum Gasteiger partial charge on any atom is -0.378 e. The van der Waals surface area contributed by atoms with Gasteiger partial charge in [0.05, 0.1) is 18.9 Å². The first-order valence-electron chi connectivity index (χ1n) is 10.2. The van der Waals surface area contributed by atoms with E-state index >= 15 is 0 Å². The van der Waals surface area contributed by atoms with Crippen LogP contribution in [-0.2, 0) is 6.42 Å². The zero-order valence-electron chi connectivity index (χ0n) is 18.7. The van der Waals surface area contributed by atoms with Crippen LogP contribution in [0.2, 0.25) is 0 Å². The van der Waals surface area contributed by atoms with Crippen LogP contribution in [-0.4, -0.2) is 45.3 Å². The molecular weight excluding hydrogens is 372 g/mol. The SMILES string of the molecule is CCc1n(/N=C/c2ccc(N(C)C)cc2)c(C)c[n+]1/N=C/c1ccc(N(C)C)cc1. The minimum absolute atomic E-state index is 0.821. The Morgan fingerprint density at radius 2 is 1.33 bits per heavy atom. The predicted molar refractivity (Wildman–Crippen MR) is 126 cm³/mol. The van der Waals surface area contributed by atoms with Crippen LogP contribution in [0.15, 0.2) is 64.9 Å². The van der Waals surface area contributed by atoms with Gasteiger partial charge >= 0.3 is 5.82 Å². The molecule has 1 aromatic heterocycles. The molecule has 6 heteroatoms. The van der Waals surface area contributed by atoms with Crippen LogP contribution >= 0.6 is 0 Å². The Labute approximate surface area is 179 Å². The third kappa shape index (κ3) is 4.95. The average molecular weight is 404 g/mol. The fourth-order valence-corrected chi connectivity index (χ4v) is 3.15. The standard InChI is InChI=1S/C24H31N6/c1-7-24-29(25-16-20-8-12-22(13-9-20)27(3)4)18-19(2)30(24)26-17-21-10-14-23(15-11-21)28(5)6/h8-18H,7H2,1-6H3/q+1/b25-16+,26-17+. The summed E-state index contributed by atoms with van der Waals surface area (Å²) in [6.07, 6.45) is 6.60. The van der Waals surface area contributed by atoms with Crippen LogP contribution in [0.25, 0.3) is 0 Å². The molecule has 3 aromatic rings. The normalized spacial score (nSPS) is 11.5. The zero-order valence-corrected chi connectivity index (χ0v) is 18.7. The van der Waals surface area contributed by atoms with Crippen molar-refractivity contribution in [2.24, 2.45) is 10.2 Å². The molecule has 3 rings (SSSR count). The van der Waals surface area contributed by atoms with Crippen LogP contribution < -0.4 is 14.5 Å². The molecule has 30 heavy (non-hydrogen) atoms. The maximum atomic E-state index is 4.71. The minimum atomic E-state index is 0.821. The molecule has 0 fully saturated rings. The quantitative estimate of drug-likeness (QED) is 0.447. The number of imidazole rings is 1. The summed E-state index contributed by atoms with van der Waals surface area (Å²) in [6, 6.07) is 16.7. The summed E-state index contributed by atoms with van der Waals surface area (Å²) in [5.41, 5.74) is 5.50. The third-order valence-corrected chi connectivity index (χ3v) is 4.94. The molecule has 0 aliphatic heterocycles. The Kier molecular flexibility index (Phi) is 6.67. The average Bonchev–Trinajstić information content (AvgIpc) is 3.05. The molecule has 0 aliphatic carbocycles. The molecule has 0 atom stereocenters. The van der Waals surface area contributed by atoms with Crippen LogP contribution in [0.4, 0.5) is 11.4 Å². The van der Waals surface area contributed by atoms with E-state index in [4.69, 9.17) is 5.10 Å². The molecule has 1 heterocycles. The van der Waals surface area contributed by atoms with Gasteiger partial charge in [-0.15, -0.1) is 9.35 Å². The molecule has 6 nitrogen and oxygen atoms in total. The first-order valence-corrected chi connectivity index (χ1v) is 10.2. The van der Waals surface area contributed by atoms with Crippen molar-refractivity contribution >= 4 is 23.8 Å². The van der Waals surface area contributed by atoms with E-state index in [1.54, 1.807) is 0 Å². The van der Waals surface area contributed by atoms with E-state index in [0.717, 1.165) is 29.1 Å². The van der Waals surface area contributed by atoms with Crippen molar-refractivity contribution in [2.45, 2.75) is 20.3 Å². The summed E-state index contributed by atoms with van der Waals surface area (Å²) in [6.45, 7) is 4.16. The maximum absolute atomic E-state index is 4.71. The highest BCUT2D eigenvalue weighted by Crippen LogP contribution is 2.12.